The van der Waals surface area contributed by atoms with Crippen molar-refractivity contribution in [2.24, 2.45) is 10.8 Å². The molecule has 0 aliphatic carbocycles. The molecule has 21 nitrogen and oxygen atoms in total. The average Bonchev–Trinajstić information content (AvgIpc) is 4.34. The molecule has 3 N–H and O–H groups in total. The smallest absolute Gasteiger partial charge is 0.379 e. The number of methoxy groups -OCH3 is 1. The molecule has 0 aliphatic heterocycles. The maximum absolute atomic E-state index is 13.6. The number of pyridine rings is 2. The molecule has 0 atom stereocenters. The van der Waals surface area contributed by atoms with E-state index in [4.69, 9.17) is 23.2 Å². The summed E-state index contributed by atoms with van der Waals surface area (Å²) >= 11 is 17.2. The van der Waals surface area contributed by atoms with E-state index in [0.29, 0.717) is 39.0 Å². The van der Waals surface area contributed by atoms with Gasteiger partial charge in [-0.3, -0.25) is 42.9 Å². The number of ketones is 4. The molecule has 0 bridgehead atoms. The summed E-state index contributed by atoms with van der Waals surface area (Å²) in [5, 5.41) is 29.2. The van der Waals surface area contributed by atoms with Crippen molar-refractivity contribution in [1.29, 1.82) is 0 Å². The molecule has 0 aliphatic rings. The number of carbonyl (C=O) groups excluding carboxylic acids is 7. The number of hydrogen-bond acceptors (Lipinski definition) is 20. The molecule has 27 heteroatoms. The molecule has 0 radical (unpaired) electrons. The van der Waals surface area contributed by atoms with Gasteiger partial charge in [-0.2, -0.15) is 30.9 Å². The fourth-order valence-electron chi connectivity index (χ4n) is 7.23. The summed E-state index contributed by atoms with van der Waals surface area (Å²) in [6.45, 7) is 10.1. The average molecular weight is 1190 g/mol. The summed E-state index contributed by atoms with van der Waals surface area (Å²) in [7, 11) is 1.07. The fourth-order valence-corrected chi connectivity index (χ4v) is 10.5. The van der Waals surface area contributed by atoms with E-state index < -0.39 is 63.5 Å². The molecular formula is C52H47Cl2N9O12S4. The third-order valence-corrected chi connectivity index (χ3v) is 15.0. The summed E-state index contributed by atoms with van der Waals surface area (Å²) in [5.41, 5.74) is -3.03. The van der Waals surface area contributed by atoms with Crippen molar-refractivity contribution >= 4 is 127 Å². The maximum Gasteiger partial charge on any atom is 0.379 e. The van der Waals surface area contributed by atoms with Gasteiger partial charge in [-0.05, 0) is 65.4 Å². The summed E-state index contributed by atoms with van der Waals surface area (Å²) in [6, 6.07) is 15.4. The number of nitrogens with zero attached hydrogens (tertiary/aromatic N) is 7. The molecule has 0 unspecified atom stereocenters. The Hall–Kier alpha value is -7.81. The fraction of sp³-hybridized carbons (Fsp3) is 0.250. The molecule has 8 aromatic rings. The van der Waals surface area contributed by atoms with Gasteiger partial charge in [0.25, 0.3) is 34.5 Å². The van der Waals surface area contributed by atoms with E-state index in [1.165, 1.54) is 74.5 Å². The van der Waals surface area contributed by atoms with Gasteiger partial charge in [-0.1, -0.05) is 64.7 Å². The number of thiophene rings is 3. The van der Waals surface area contributed by atoms with E-state index in [-0.39, 0.29) is 57.8 Å². The van der Waals surface area contributed by atoms with Crippen molar-refractivity contribution in [2.45, 2.75) is 67.7 Å². The number of carboxylic acids is 1. The predicted molar refractivity (Wildman–Crippen MR) is 301 cm³/mol. The molecule has 8 heterocycles. The Morgan fingerprint density at radius 2 is 1.22 bits per heavy atom. The summed E-state index contributed by atoms with van der Waals surface area (Å²) in [4.78, 5) is 130. The van der Waals surface area contributed by atoms with E-state index in [1.54, 1.807) is 70.5 Å². The van der Waals surface area contributed by atoms with Crippen molar-refractivity contribution in [1.82, 2.24) is 33.1 Å². The van der Waals surface area contributed by atoms with Crippen molar-refractivity contribution < 1.29 is 48.2 Å². The number of rotatable bonds is 18. The van der Waals surface area contributed by atoms with E-state index in [9.17, 15) is 53.1 Å². The second-order valence-electron chi connectivity index (χ2n) is 19.2. The van der Waals surface area contributed by atoms with Crippen LogP contribution in [0.2, 0.25) is 8.67 Å². The van der Waals surface area contributed by atoms with Crippen molar-refractivity contribution in [3.05, 3.63) is 151 Å². The van der Waals surface area contributed by atoms with Crippen LogP contribution in [0, 0.1) is 10.8 Å². The van der Waals surface area contributed by atoms with Crippen LogP contribution >= 0.6 is 68.7 Å². The normalized spacial score (nSPS) is 11.4. The lowest BCUT2D eigenvalue weighted by molar-refractivity contribution is -0.135. The highest BCUT2D eigenvalue weighted by Gasteiger charge is 2.31. The summed E-state index contributed by atoms with van der Waals surface area (Å²) in [5.74, 6) is -6.23. The van der Waals surface area contributed by atoms with Crippen LogP contribution in [0.3, 0.4) is 0 Å². The Kier molecular flexibility index (Phi) is 18.2. The third-order valence-electron chi connectivity index (χ3n) is 11.3. The van der Waals surface area contributed by atoms with Crippen molar-refractivity contribution in [3.8, 4) is 22.5 Å². The molecule has 410 valence electrons. The van der Waals surface area contributed by atoms with Gasteiger partial charge in [0.2, 0.25) is 0 Å². The van der Waals surface area contributed by atoms with Crippen LogP contribution in [0.15, 0.2) is 98.8 Å². The lowest BCUT2D eigenvalue weighted by Gasteiger charge is -2.18. The van der Waals surface area contributed by atoms with Gasteiger partial charge in [0.05, 0.1) is 70.5 Å². The number of halogens is 2. The second-order valence-corrected chi connectivity index (χ2v) is 24.2. The Bertz CT molecular complexity index is 3800. The number of aromatic nitrogens is 7. The number of carbonyl (C=O) groups is 8. The van der Waals surface area contributed by atoms with Crippen molar-refractivity contribution in [3.63, 3.8) is 0 Å². The molecular weight excluding hydrogens is 1140 g/mol. The summed E-state index contributed by atoms with van der Waals surface area (Å²) < 4.78 is 13.8. The highest BCUT2D eigenvalue weighted by atomic mass is 35.5. The first-order valence-electron chi connectivity index (χ1n) is 23.4. The topological polar surface area (TPSA) is 283 Å². The number of Topliss-reactive ketones (excluding diaryl/α,β-unsaturated/α-hetero) is 4. The molecule has 0 amide bonds. The van der Waals surface area contributed by atoms with Crippen LogP contribution < -0.4 is 21.8 Å². The zero-order valence-electron chi connectivity index (χ0n) is 42.9. The number of anilines is 2. The van der Waals surface area contributed by atoms with Gasteiger partial charge in [-0.15, -0.1) is 22.7 Å². The number of aliphatic carboxylic acids is 1. The maximum atomic E-state index is 13.6. The lowest BCUT2D eigenvalue weighted by Crippen LogP contribution is -2.32. The Morgan fingerprint density at radius 1 is 0.658 bits per heavy atom. The largest absolute Gasteiger partial charge is 0.475 e. The van der Waals surface area contributed by atoms with Gasteiger partial charge < -0.3 is 25.0 Å². The van der Waals surface area contributed by atoms with Crippen LogP contribution in [0.25, 0.3) is 22.5 Å². The number of esters is 1. The first-order valence-corrected chi connectivity index (χ1v) is 27.6. The van der Waals surface area contributed by atoms with Crippen LogP contribution in [-0.2, 0) is 40.5 Å². The number of nitrogens with one attached hydrogen (secondary N) is 2. The highest BCUT2D eigenvalue weighted by molar-refractivity contribution is 7.16. The highest BCUT2D eigenvalue weighted by Crippen LogP contribution is 2.30. The van der Waals surface area contributed by atoms with Gasteiger partial charge in [0.1, 0.15) is 23.0 Å². The van der Waals surface area contributed by atoms with Gasteiger partial charge in [0, 0.05) is 60.8 Å². The van der Waals surface area contributed by atoms with Crippen molar-refractivity contribution in [2.75, 3.05) is 17.7 Å². The molecule has 0 saturated carbocycles. The minimum atomic E-state index is -1.78. The number of hydrogen-bond donors (Lipinski definition) is 3. The Morgan fingerprint density at radius 3 is 1.68 bits per heavy atom. The zero-order valence-corrected chi connectivity index (χ0v) is 47.7. The third kappa shape index (κ3) is 13.9. The standard InChI is InChI=1S/C27H25ClN4O6S2.C25H22ClN5O6S2/c1-27(2,3)26(37)32-22(29-11-17-5-6-21(28)40-17)10-19(30-32)18-9-16(23(34)25(36)38-4)12-31(24(18)35)13-20(33)15-7-8-39-14-15;1-25(2,3)24(37)31-20(27-10-14-4-7-19(26)39-14)8-16(29-31)15-5-6-17(21(33)23(35)36)30(22(15)34)11-18(32)13-9-28-38-12-13/h5-10,12,14,29H,11,13H2,1-4H3;4-9,12,27H,10-11H2,1-3H3,(H,35,36). The van der Waals surface area contributed by atoms with Crippen LogP contribution in [0.5, 0.6) is 0 Å². The van der Waals surface area contributed by atoms with Gasteiger partial charge in [0.15, 0.2) is 11.6 Å². The van der Waals surface area contributed by atoms with E-state index in [0.717, 1.165) is 54.5 Å². The minimum absolute atomic E-state index is 0.0316. The molecule has 79 heavy (non-hydrogen) atoms. The van der Waals surface area contributed by atoms with Crippen LogP contribution in [-0.4, -0.2) is 92.2 Å². The molecule has 0 saturated heterocycles. The van der Waals surface area contributed by atoms with E-state index in [1.807, 2.05) is 12.1 Å². The molecule has 8 aromatic heterocycles. The monoisotopic (exact) mass is 1190 g/mol. The Labute approximate surface area is 475 Å². The number of ether oxygens (including phenoxy) is 1. The zero-order chi connectivity index (χ0) is 57.7. The molecule has 8 rings (SSSR count). The first kappa shape index (κ1) is 58.9. The predicted octanol–water partition coefficient (Wildman–Crippen LogP) is 9.36. The van der Waals surface area contributed by atoms with E-state index in [2.05, 4.69) is 29.9 Å². The first-order chi connectivity index (χ1) is 37.2. The SMILES string of the molecule is CC(C)(C)C(=O)n1nc(-c2ccc(C(=O)C(=O)O)n(CC(=O)c3cnsc3)c2=O)cc1NCc1ccc(Cl)s1.COC(=O)C(=O)c1cc(-c2cc(NCc3ccc(Cl)s3)n(C(=O)C(C)(C)C)n2)c(=O)n(CC(=O)c2ccsc2)c1. The summed E-state index contributed by atoms with van der Waals surface area (Å²) in [6.07, 6.45) is 2.46. The van der Waals surface area contributed by atoms with E-state index >= 15 is 0 Å². The Balaban J connectivity index is 0.000000229. The number of carboxylic acid groups (broad SMARTS) is 1. The molecule has 0 aromatic carbocycles. The van der Waals surface area contributed by atoms with Gasteiger partial charge in [-0.25, -0.2) is 14.0 Å². The van der Waals surface area contributed by atoms with Crippen LogP contribution in [0.1, 0.15) is 102 Å². The minimum Gasteiger partial charge on any atom is -0.475 e. The van der Waals surface area contributed by atoms with Crippen LogP contribution in [0.4, 0.5) is 11.6 Å². The quantitative estimate of drug-likeness (QED) is 0.0410. The molecule has 0 fully saturated rings. The molecule has 0 spiro atoms. The lowest BCUT2D eigenvalue weighted by atomic mass is 9.96. The second kappa shape index (κ2) is 24.5. The van der Waals surface area contributed by atoms with Gasteiger partial charge >= 0.3 is 11.9 Å².